The summed E-state index contributed by atoms with van der Waals surface area (Å²) in [5.74, 6) is 0. The number of nitrogens with one attached hydrogen (secondary N) is 1. The van der Waals surface area contributed by atoms with Crippen molar-refractivity contribution in [2.75, 3.05) is 5.65 Å². The van der Waals surface area contributed by atoms with Gasteiger partial charge in [-0.1, -0.05) is 18.5 Å². The highest BCUT2D eigenvalue weighted by atomic mass is 32.2. The van der Waals surface area contributed by atoms with Gasteiger partial charge in [-0.05, 0) is 5.65 Å². The van der Waals surface area contributed by atoms with Gasteiger partial charge in [0.1, 0.15) is 0 Å². The fourth-order valence-corrected chi connectivity index (χ4v) is 0.475. The topological polar surface area (TPSA) is 29.1 Å². The Bertz CT molecular complexity index is 96.0. The zero-order chi connectivity index (χ0) is 6.41. The van der Waals surface area contributed by atoms with E-state index < -0.39 is 0 Å². The molecule has 2 nitrogen and oxygen atoms in total. The molecule has 0 aromatic heterocycles. The first-order chi connectivity index (χ1) is 3.81. The molecule has 0 aliphatic carbocycles. The Balaban J connectivity index is 3.11. The van der Waals surface area contributed by atoms with Crippen molar-refractivity contribution >= 4 is 26.1 Å². The third-order valence-electron chi connectivity index (χ3n) is 0.429. The molecule has 0 aliphatic rings. The molecule has 0 heterocycles. The van der Waals surface area contributed by atoms with Crippen molar-refractivity contribution in [3.63, 3.8) is 0 Å². The van der Waals surface area contributed by atoms with Crippen molar-refractivity contribution in [3.05, 3.63) is 12.3 Å². The van der Waals surface area contributed by atoms with E-state index in [0.717, 1.165) is 0 Å². The van der Waals surface area contributed by atoms with E-state index in [1.165, 1.54) is 11.9 Å². The lowest BCUT2D eigenvalue weighted by Gasteiger charge is -1.96. The van der Waals surface area contributed by atoms with Crippen molar-refractivity contribution in [2.24, 2.45) is 0 Å². The van der Waals surface area contributed by atoms with Crippen LogP contribution in [0.15, 0.2) is 12.3 Å². The monoisotopic (exact) mass is 127 g/mol. The third-order valence-corrected chi connectivity index (χ3v) is 1.00. The van der Waals surface area contributed by atoms with Gasteiger partial charge >= 0.3 is 0 Å². The van der Waals surface area contributed by atoms with Gasteiger partial charge in [-0.25, -0.2) is 0 Å². The lowest BCUT2D eigenvalue weighted by molar-refractivity contribution is -0.105. The van der Waals surface area contributed by atoms with Crippen LogP contribution in [0.4, 0.5) is 0 Å². The van der Waals surface area contributed by atoms with Crippen LogP contribution in [0.5, 0.6) is 0 Å². The van der Waals surface area contributed by atoms with Gasteiger partial charge in [0.2, 0.25) is 0 Å². The van der Waals surface area contributed by atoms with Gasteiger partial charge in [-0.2, -0.15) is 0 Å². The lowest BCUT2D eigenvalue weighted by atomic mass is 10.2. The van der Waals surface area contributed by atoms with Gasteiger partial charge < -0.3 is 4.72 Å². The number of aldehydes is 1. The molecule has 0 bridgehead atoms. The van der Waals surface area contributed by atoms with E-state index in [1.54, 1.807) is 0 Å². The fourth-order valence-electron chi connectivity index (χ4n) is 0.158. The van der Waals surface area contributed by atoms with E-state index in [2.05, 4.69) is 11.3 Å². The number of carbonyl (C=O) groups is 1. The maximum atomic E-state index is 9.79. The molecule has 0 aromatic rings. The summed E-state index contributed by atoms with van der Waals surface area (Å²) in [5.41, 5.74) is 0.785. The van der Waals surface area contributed by atoms with Gasteiger partial charge in [-0.15, -0.1) is 0 Å². The molecule has 0 saturated carbocycles. The van der Waals surface area contributed by atoms with Gasteiger partial charge in [0, 0.05) is 0 Å². The SMILES string of the molecule is [B]CSNC(=C)C=O. The largest absolute Gasteiger partial charge is 0.328 e. The van der Waals surface area contributed by atoms with Gasteiger partial charge in [0.05, 0.1) is 13.5 Å². The highest BCUT2D eigenvalue weighted by molar-refractivity contribution is 7.98. The van der Waals surface area contributed by atoms with Gasteiger partial charge in [0.15, 0.2) is 6.29 Å². The number of hydrogen-bond donors (Lipinski definition) is 1. The van der Waals surface area contributed by atoms with Gasteiger partial charge in [-0.3, -0.25) is 4.79 Å². The molecule has 1 N–H and O–H groups in total. The van der Waals surface area contributed by atoms with Crippen molar-refractivity contribution in [1.29, 1.82) is 0 Å². The molecule has 42 valence electrons. The highest BCUT2D eigenvalue weighted by Crippen LogP contribution is 1.90. The molecular weight excluding hydrogens is 121 g/mol. The van der Waals surface area contributed by atoms with Crippen LogP contribution in [0.1, 0.15) is 0 Å². The first-order valence-corrected chi connectivity index (χ1v) is 3.01. The predicted molar refractivity (Wildman–Crippen MR) is 36.6 cm³/mol. The Labute approximate surface area is 54.3 Å². The van der Waals surface area contributed by atoms with Crippen LogP contribution in [-0.2, 0) is 4.79 Å². The number of rotatable bonds is 4. The molecule has 0 saturated heterocycles. The van der Waals surface area contributed by atoms with Crippen LogP contribution in [0.3, 0.4) is 0 Å². The normalized spacial score (nSPS) is 8.00. The summed E-state index contributed by atoms with van der Waals surface area (Å²) in [7, 11) is 5.07. The molecule has 0 aliphatic heterocycles. The average Bonchev–Trinajstić information content (AvgIpc) is 1.83. The predicted octanol–water partition coefficient (Wildman–Crippen LogP) is 0.0628. The van der Waals surface area contributed by atoms with Crippen molar-refractivity contribution in [1.82, 2.24) is 4.72 Å². The molecule has 0 atom stereocenters. The van der Waals surface area contributed by atoms with E-state index in [1.807, 2.05) is 0 Å². The second-order valence-electron chi connectivity index (χ2n) is 1.06. The van der Waals surface area contributed by atoms with Crippen LogP contribution in [-0.4, -0.2) is 19.8 Å². The van der Waals surface area contributed by atoms with Crippen molar-refractivity contribution in [3.8, 4) is 0 Å². The summed E-state index contributed by atoms with van der Waals surface area (Å²) in [6.07, 6.45) is 0.642. The summed E-state index contributed by atoms with van der Waals surface area (Å²) in [6, 6.07) is 0. The van der Waals surface area contributed by atoms with Gasteiger partial charge in [0.25, 0.3) is 0 Å². The molecule has 0 unspecified atom stereocenters. The Morgan fingerprint density at radius 3 is 3.00 bits per heavy atom. The van der Waals surface area contributed by atoms with E-state index in [9.17, 15) is 4.79 Å². The summed E-state index contributed by atoms with van der Waals surface area (Å²) in [4.78, 5) is 9.79. The summed E-state index contributed by atoms with van der Waals surface area (Å²) in [5, 5.41) is 0. The zero-order valence-corrected chi connectivity index (χ0v) is 5.20. The van der Waals surface area contributed by atoms with E-state index in [0.29, 0.717) is 17.6 Å². The highest BCUT2D eigenvalue weighted by Gasteiger charge is 1.83. The molecular formula is C4H6BNOS. The van der Waals surface area contributed by atoms with E-state index in [4.69, 9.17) is 7.85 Å². The smallest absolute Gasteiger partial charge is 0.166 e. The van der Waals surface area contributed by atoms with Crippen LogP contribution in [0.25, 0.3) is 0 Å². The zero-order valence-electron chi connectivity index (χ0n) is 4.39. The summed E-state index contributed by atoms with van der Waals surface area (Å²) in [6.45, 7) is 3.36. The Kier molecular flexibility index (Phi) is 4.55. The van der Waals surface area contributed by atoms with Crippen LogP contribution >= 0.6 is 11.9 Å². The van der Waals surface area contributed by atoms with Crippen LogP contribution in [0, 0.1) is 0 Å². The molecule has 2 radical (unpaired) electrons. The molecule has 4 heteroatoms. The quantitative estimate of drug-likeness (QED) is 0.250. The lowest BCUT2D eigenvalue weighted by Crippen LogP contribution is -2.03. The maximum Gasteiger partial charge on any atom is 0.166 e. The van der Waals surface area contributed by atoms with Crippen molar-refractivity contribution in [2.45, 2.75) is 0 Å². The standard InChI is InChI=1S/C4H6BNOS/c1-4(2-7)6-8-3-5/h2,6H,1,3H2. The minimum Gasteiger partial charge on any atom is -0.328 e. The molecule has 0 fully saturated rings. The maximum absolute atomic E-state index is 9.79. The second kappa shape index (κ2) is 4.78. The average molecular weight is 127 g/mol. The van der Waals surface area contributed by atoms with E-state index >= 15 is 0 Å². The first kappa shape index (κ1) is 7.62. The second-order valence-corrected chi connectivity index (χ2v) is 1.88. The minimum absolute atomic E-state index is 0.348. The molecule has 0 rings (SSSR count). The first-order valence-electron chi connectivity index (χ1n) is 2.03. The summed E-state index contributed by atoms with van der Waals surface area (Å²) < 4.78 is 2.61. The van der Waals surface area contributed by atoms with Crippen LogP contribution in [0.2, 0.25) is 0 Å². The number of hydrogen-bond acceptors (Lipinski definition) is 3. The fraction of sp³-hybridized carbons (Fsp3) is 0.250. The molecule has 0 aromatic carbocycles. The Morgan fingerprint density at radius 2 is 2.62 bits per heavy atom. The Hall–Kier alpha value is -0.375. The minimum atomic E-state index is 0.348. The van der Waals surface area contributed by atoms with Crippen molar-refractivity contribution < 1.29 is 4.79 Å². The van der Waals surface area contributed by atoms with E-state index in [-0.39, 0.29) is 0 Å². The number of carbonyl (C=O) groups excluding carboxylic acids is 1. The molecule has 8 heavy (non-hydrogen) atoms. The molecule has 0 spiro atoms. The third kappa shape index (κ3) is 3.80. The Morgan fingerprint density at radius 1 is 2.00 bits per heavy atom. The van der Waals surface area contributed by atoms with Crippen LogP contribution < -0.4 is 4.72 Å². The summed E-state index contributed by atoms with van der Waals surface area (Å²) >= 11 is 1.24. The number of allylic oxidation sites excluding steroid dienone is 1. The molecule has 0 amide bonds.